The number of nitrogens with one attached hydrogen (secondary N) is 1. The lowest BCUT2D eigenvalue weighted by Gasteiger charge is -2.10. The van der Waals surface area contributed by atoms with Gasteiger partial charge in [-0.1, -0.05) is 18.2 Å². The molecule has 0 unspecified atom stereocenters. The molecule has 0 bridgehead atoms. The Morgan fingerprint density at radius 3 is 2.77 bits per heavy atom. The molecule has 0 aliphatic rings. The van der Waals surface area contributed by atoms with Gasteiger partial charge in [0.05, 0.1) is 23.6 Å². The third kappa shape index (κ3) is 4.00. The van der Waals surface area contributed by atoms with Crippen LogP contribution < -0.4 is 10.1 Å². The van der Waals surface area contributed by atoms with E-state index in [1.54, 1.807) is 28.9 Å². The smallest absolute Gasteiger partial charge is 0.251 e. The summed E-state index contributed by atoms with van der Waals surface area (Å²) in [6.07, 6.45) is 0. The minimum Gasteiger partial charge on any atom is -0.486 e. The number of ether oxygens (including phenoxy) is 1. The van der Waals surface area contributed by atoms with Crippen LogP contribution in [0.25, 0.3) is 11.0 Å². The van der Waals surface area contributed by atoms with Crippen LogP contribution in [0.3, 0.4) is 0 Å². The molecule has 2 aromatic heterocycles. The van der Waals surface area contributed by atoms with Crippen LogP contribution in [0.5, 0.6) is 5.75 Å². The molecule has 2 heterocycles. The summed E-state index contributed by atoms with van der Waals surface area (Å²) in [4.78, 5) is 17.2. The quantitative estimate of drug-likeness (QED) is 0.507. The van der Waals surface area contributed by atoms with Crippen LogP contribution in [0.2, 0.25) is 0 Å². The Balaban J connectivity index is 1.41. The van der Waals surface area contributed by atoms with Crippen molar-refractivity contribution in [1.29, 1.82) is 0 Å². The molecule has 4 aromatic rings. The first kappa shape index (κ1) is 19.6. The first-order valence-electron chi connectivity index (χ1n) is 9.71. The van der Waals surface area contributed by atoms with Gasteiger partial charge in [0.1, 0.15) is 18.2 Å². The van der Waals surface area contributed by atoms with Crippen molar-refractivity contribution in [3.05, 3.63) is 65.7 Å². The van der Waals surface area contributed by atoms with E-state index >= 15 is 0 Å². The number of hydrogen-bond donors (Lipinski definition) is 1. The van der Waals surface area contributed by atoms with E-state index in [2.05, 4.69) is 25.8 Å². The van der Waals surface area contributed by atoms with E-state index in [-0.39, 0.29) is 18.6 Å². The SMILES string of the molecule is CC(C)n1nnnc1COc1cccc(C(=O)NCc2nc3ccccc3n2C)c1. The highest BCUT2D eigenvalue weighted by molar-refractivity contribution is 5.94. The average Bonchev–Trinajstić information content (AvgIpc) is 3.36. The molecular formula is C21H23N7O2. The molecule has 0 aliphatic heterocycles. The predicted octanol–water partition coefficient (Wildman–Crippen LogP) is 2.65. The number of tetrazole rings is 1. The van der Waals surface area contributed by atoms with E-state index in [0.29, 0.717) is 23.7 Å². The average molecular weight is 405 g/mol. The van der Waals surface area contributed by atoms with Crippen LogP contribution in [0, 0.1) is 0 Å². The summed E-state index contributed by atoms with van der Waals surface area (Å²) in [6.45, 7) is 4.54. The van der Waals surface area contributed by atoms with Gasteiger partial charge in [-0.15, -0.1) is 5.10 Å². The first-order valence-corrected chi connectivity index (χ1v) is 9.71. The molecule has 0 fully saturated rings. The number of rotatable bonds is 7. The molecule has 0 aliphatic carbocycles. The summed E-state index contributed by atoms with van der Waals surface area (Å²) in [5.41, 5.74) is 2.44. The molecule has 0 radical (unpaired) electrons. The summed E-state index contributed by atoms with van der Waals surface area (Å²) in [5.74, 6) is 1.79. The number of nitrogens with zero attached hydrogens (tertiary/aromatic N) is 6. The van der Waals surface area contributed by atoms with E-state index in [1.807, 2.05) is 49.7 Å². The van der Waals surface area contributed by atoms with Crippen molar-refractivity contribution in [2.75, 3.05) is 0 Å². The van der Waals surface area contributed by atoms with Crippen molar-refractivity contribution in [3.8, 4) is 5.75 Å². The minimum atomic E-state index is -0.195. The van der Waals surface area contributed by atoms with Crippen LogP contribution in [-0.4, -0.2) is 35.7 Å². The minimum absolute atomic E-state index is 0.137. The molecule has 9 heteroatoms. The Morgan fingerprint density at radius 2 is 1.97 bits per heavy atom. The molecule has 154 valence electrons. The lowest BCUT2D eigenvalue weighted by molar-refractivity contribution is 0.0949. The molecule has 0 saturated heterocycles. The van der Waals surface area contributed by atoms with Crippen molar-refractivity contribution in [1.82, 2.24) is 35.1 Å². The van der Waals surface area contributed by atoms with Crippen LogP contribution in [0.4, 0.5) is 0 Å². The van der Waals surface area contributed by atoms with Gasteiger partial charge in [-0.3, -0.25) is 4.79 Å². The molecular weight excluding hydrogens is 382 g/mol. The summed E-state index contributed by atoms with van der Waals surface area (Å²) in [5, 5.41) is 14.6. The Kier molecular flexibility index (Phi) is 5.42. The summed E-state index contributed by atoms with van der Waals surface area (Å²) in [6, 6.07) is 15.0. The van der Waals surface area contributed by atoms with Crippen LogP contribution in [0.1, 0.15) is 41.9 Å². The highest BCUT2D eigenvalue weighted by Crippen LogP contribution is 2.17. The number of fused-ring (bicyclic) bond motifs is 1. The third-order valence-corrected chi connectivity index (χ3v) is 4.80. The van der Waals surface area contributed by atoms with Crippen molar-refractivity contribution < 1.29 is 9.53 Å². The Bertz CT molecular complexity index is 1180. The van der Waals surface area contributed by atoms with Gasteiger partial charge in [-0.05, 0) is 54.6 Å². The summed E-state index contributed by atoms with van der Waals surface area (Å²) in [7, 11) is 1.94. The van der Waals surface area contributed by atoms with Crippen molar-refractivity contribution in [3.63, 3.8) is 0 Å². The lowest BCUT2D eigenvalue weighted by atomic mass is 10.2. The lowest BCUT2D eigenvalue weighted by Crippen LogP contribution is -2.24. The molecule has 1 amide bonds. The van der Waals surface area contributed by atoms with Crippen molar-refractivity contribution in [2.45, 2.75) is 33.0 Å². The number of hydrogen-bond acceptors (Lipinski definition) is 6. The number of amides is 1. The Hall–Kier alpha value is -3.75. The molecule has 0 spiro atoms. The van der Waals surface area contributed by atoms with Gasteiger partial charge in [0.2, 0.25) is 0 Å². The van der Waals surface area contributed by atoms with Gasteiger partial charge in [-0.25, -0.2) is 9.67 Å². The summed E-state index contributed by atoms with van der Waals surface area (Å²) < 4.78 is 9.48. The first-order chi connectivity index (χ1) is 14.5. The van der Waals surface area contributed by atoms with Crippen LogP contribution >= 0.6 is 0 Å². The topological polar surface area (TPSA) is 99.8 Å². The van der Waals surface area contributed by atoms with Gasteiger partial charge in [0.25, 0.3) is 5.91 Å². The molecule has 4 rings (SSSR count). The molecule has 9 nitrogen and oxygen atoms in total. The maximum absolute atomic E-state index is 12.6. The largest absolute Gasteiger partial charge is 0.486 e. The van der Waals surface area contributed by atoms with Gasteiger partial charge in [0, 0.05) is 12.6 Å². The number of aryl methyl sites for hydroxylation is 1. The van der Waals surface area contributed by atoms with Crippen LogP contribution in [0.15, 0.2) is 48.5 Å². The molecule has 0 atom stereocenters. The zero-order valence-corrected chi connectivity index (χ0v) is 17.1. The maximum atomic E-state index is 12.6. The van der Waals surface area contributed by atoms with Gasteiger partial charge >= 0.3 is 0 Å². The van der Waals surface area contributed by atoms with Crippen molar-refractivity contribution >= 4 is 16.9 Å². The highest BCUT2D eigenvalue weighted by atomic mass is 16.5. The van der Waals surface area contributed by atoms with Crippen molar-refractivity contribution in [2.24, 2.45) is 7.05 Å². The van der Waals surface area contributed by atoms with Gasteiger partial charge in [-0.2, -0.15) is 0 Å². The van der Waals surface area contributed by atoms with Crippen LogP contribution in [-0.2, 0) is 20.2 Å². The van der Waals surface area contributed by atoms with Gasteiger partial charge in [0.15, 0.2) is 5.82 Å². The van der Waals surface area contributed by atoms with E-state index in [1.165, 1.54) is 0 Å². The molecule has 1 N–H and O–H groups in total. The zero-order valence-electron chi connectivity index (χ0n) is 17.1. The standard InChI is InChI=1S/C21H23N7O2/c1-14(2)28-20(24-25-26-28)13-30-16-8-6-7-15(11-16)21(29)22-12-19-23-17-9-4-5-10-18(17)27(19)3/h4-11,14H,12-13H2,1-3H3,(H,22,29). The van der Waals surface area contributed by atoms with E-state index < -0.39 is 0 Å². The zero-order chi connectivity index (χ0) is 21.1. The number of carbonyl (C=O) groups excluding carboxylic acids is 1. The Morgan fingerprint density at radius 1 is 1.13 bits per heavy atom. The number of para-hydroxylation sites is 2. The fourth-order valence-electron chi connectivity index (χ4n) is 3.20. The second-order valence-electron chi connectivity index (χ2n) is 7.21. The number of aromatic nitrogens is 6. The van der Waals surface area contributed by atoms with Gasteiger partial charge < -0.3 is 14.6 Å². The normalized spacial score (nSPS) is 11.2. The molecule has 2 aromatic carbocycles. The fourth-order valence-corrected chi connectivity index (χ4v) is 3.20. The summed E-state index contributed by atoms with van der Waals surface area (Å²) >= 11 is 0. The maximum Gasteiger partial charge on any atom is 0.251 e. The monoisotopic (exact) mass is 405 g/mol. The fraction of sp³-hybridized carbons (Fsp3) is 0.286. The second-order valence-corrected chi connectivity index (χ2v) is 7.21. The van der Waals surface area contributed by atoms with E-state index in [9.17, 15) is 4.79 Å². The molecule has 0 saturated carbocycles. The number of imidazole rings is 1. The second kappa shape index (κ2) is 8.32. The highest BCUT2D eigenvalue weighted by Gasteiger charge is 2.12. The van der Waals surface area contributed by atoms with E-state index in [4.69, 9.17) is 4.74 Å². The van der Waals surface area contributed by atoms with E-state index in [0.717, 1.165) is 16.9 Å². The number of benzene rings is 2. The number of carbonyl (C=O) groups is 1. The predicted molar refractivity (Wildman–Crippen MR) is 111 cm³/mol. The molecule has 30 heavy (non-hydrogen) atoms. The Labute approximate surface area is 173 Å². The third-order valence-electron chi connectivity index (χ3n) is 4.80.